The molecule has 6 aromatic carbocycles. The van der Waals surface area contributed by atoms with Crippen molar-refractivity contribution in [3.63, 3.8) is 0 Å². The third-order valence-electron chi connectivity index (χ3n) is 8.05. The van der Waals surface area contributed by atoms with E-state index in [1.807, 2.05) is 18.2 Å². The molecule has 2 heteroatoms. The van der Waals surface area contributed by atoms with Gasteiger partial charge in [-0.15, -0.1) is 0 Å². The summed E-state index contributed by atoms with van der Waals surface area (Å²) in [5.41, 5.74) is 12.9. The van der Waals surface area contributed by atoms with Gasteiger partial charge in [0, 0.05) is 28.4 Å². The first-order valence-electron chi connectivity index (χ1n) is 15.3. The van der Waals surface area contributed by atoms with E-state index in [4.69, 9.17) is 0 Å². The van der Waals surface area contributed by atoms with Gasteiger partial charge in [0.05, 0.1) is 0 Å². The van der Waals surface area contributed by atoms with Crippen molar-refractivity contribution in [3.05, 3.63) is 182 Å². The summed E-state index contributed by atoms with van der Waals surface area (Å²) in [5.74, 6) is 0. The van der Waals surface area contributed by atoms with Crippen molar-refractivity contribution in [2.75, 3.05) is 10.2 Å². The summed E-state index contributed by atoms with van der Waals surface area (Å²) >= 11 is 0. The average molecular weight is 567 g/mol. The lowest BCUT2D eigenvalue weighted by atomic mass is 9.98. The predicted molar refractivity (Wildman–Crippen MR) is 188 cm³/mol. The summed E-state index contributed by atoms with van der Waals surface area (Å²) in [6.45, 7) is 0. The zero-order valence-electron chi connectivity index (χ0n) is 24.6. The second kappa shape index (κ2) is 12.7. The lowest BCUT2D eigenvalue weighted by molar-refractivity contribution is 1.04. The van der Waals surface area contributed by atoms with E-state index in [2.05, 4.69) is 168 Å². The van der Waals surface area contributed by atoms with E-state index >= 15 is 0 Å². The Hall–Kier alpha value is -5.60. The van der Waals surface area contributed by atoms with Crippen molar-refractivity contribution in [1.82, 2.24) is 0 Å². The molecular formula is C42H34N2. The van der Waals surface area contributed by atoms with E-state index in [9.17, 15) is 0 Å². The largest absolute Gasteiger partial charge is 0.356 e. The molecule has 44 heavy (non-hydrogen) atoms. The quantitative estimate of drug-likeness (QED) is 0.197. The van der Waals surface area contributed by atoms with Gasteiger partial charge in [-0.25, -0.2) is 0 Å². The molecule has 0 spiro atoms. The third-order valence-corrected chi connectivity index (χ3v) is 8.05. The van der Waals surface area contributed by atoms with Crippen LogP contribution in [0.2, 0.25) is 0 Å². The Kier molecular flexibility index (Phi) is 7.88. The number of nitrogens with zero attached hydrogens (tertiary/aromatic N) is 1. The lowest BCUT2D eigenvalue weighted by Gasteiger charge is -2.26. The van der Waals surface area contributed by atoms with Crippen molar-refractivity contribution < 1.29 is 0 Å². The standard InChI is InChI=1S/C42H34N2/c1-4-12-32(13-5-1)33-26-28-41(29-27-33)44(40-19-8-3-9-20-40)42-21-11-15-37(31-42)35-24-22-34(23-25-35)36-14-10-18-39(30-36)43-38-16-6-2-7-17-38/h2-4,6-31,43H,1,5H2. The van der Waals surface area contributed by atoms with Gasteiger partial charge in [-0.2, -0.15) is 0 Å². The highest BCUT2D eigenvalue weighted by Crippen LogP contribution is 2.37. The zero-order valence-corrected chi connectivity index (χ0v) is 24.6. The normalized spacial score (nSPS) is 12.4. The van der Waals surface area contributed by atoms with Crippen LogP contribution in [0.25, 0.3) is 27.8 Å². The Labute approximate surface area is 260 Å². The number of rotatable bonds is 8. The molecular weight excluding hydrogens is 532 g/mol. The first-order valence-corrected chi connectivity index (χ1v) is 15.3. The van der Waals surface area contributed by atoms with Crippen LogP contribution >= 0.6 is 0 Å². The fourth-order valence-corrected chi connectivity index (χ4v) is 5.80. The smallest absolute Gasteiger partial charge is 0.0467 e. The van der Waals surface area contributed by atoms with Gasteiger partial charge in [-0.3, -0.25) is 0 Å². The van der Waals surface area contributed by atoms with E-state index in [1.165, 1.54) is 33.4 Å². The van der Waals surface area contributed by atoms with Gasteiger partial charge in [-0.05, 0) is 107 Å². The van der Waals surface area contributed by atoms with E-state index in [-0.39, 0.29) is 0 Å². The van der Waals surface area contributed by atoms with Gasteiger partial charge in [0.25, 0.3) is 0 Å². The topological polar surface area (TPSA) is 15.3 Å². The fourth-order valence-electron chi connectivity index (χ4n) is 5.80. The van der Waals surface area contributed by atoms with Crippen LogP contribution in [0.5, 0.6) is 0 Å². The molecule has 1 aliphatic rings. The number of para-hydroxylation sites is 2. The van der Waals surface area contributed by atoms with Gasteiger partial charge in [-0.1, -0.05) is 115 Å². The highest BCUT2D eigenvalue weighted by Gasteiger charge is 2.14. The second-order valence-electron chi connectivity index (χ2n) is 11.1. The van der Waals surface area contributed by atoms with Crippen LogP contribution in [0.15, 0.2) is 176 Å². The van der Waals surface area contributed by atoms with Gasteiger partial charge >= 0.3 is 0 Å². The summed E-state index contributed by atoms with van der Waals surface area (Å²) in [5, 5.41) is 3.50. The predicted octanol–water partition coefficient (Wildman–Crippen LogP) is 12.0. The molecule has 0 atom stereocenters. The van der Waals surface area contributed by atoms with Crippen LogP contribution in [0, 0.1) is 0 Å². The summed E-state index contributed by atoms with van der Waals surface area (Å²) < 4.78 is 0. The van der Waals surface area contributed by atoms with E-state index < -0.39 is 0 Å². The van der Waals surface area contributed by atoms with Gasteiger partial charge in [0.15, 0.2) is 0 Å². The maximum absolute atomic E-state index is 3.50. The molecule has 0 aliphatic heterocycles. The Balaban J connectivity index is 1.17. The highest BCUT2D eigenvalue weighted by molar-refractivity contribution is 5.82. The zero-order chi connectivity index (χ0) is 29.6. The minimum atomic E-state index is 1.08. The minimum Gasteiger partial charge on any atom is -0.356 e. The summed E-state index contributed by atoms with van der Waals surface area (Å²) in [7, 11) is 0. The highest BCUT2D eigenvalue weighted by atomic mass is 15.1. The molecule has 7 rings (SSSR count). The average Bonchev–Trinajstić information content (AvgIpc) is 3.10. The lowest BCUT2D eigenvalue weighted by Crippen LogP contribution is -2.10. The van der Waals surface area contributed by atoms with Crippen molar-refractivity contribution in [2.45, 2.75) is 12.8 Å². The molecule has 0 fully saturated rings. The number of benzene rings is 6. The molecule has 1 aliphatic carbocycles. The van der Waals surface area contributed by atoms with E-state index in [1.54, 1.807) is 0 Å². The minimum absolute atomic E-state index is 1.08. The molecule has 0 aromatic heterocycles. The number of hydrogen-bond donors (Lipinski definition) is 1. The maximum atomic E-state index is 3.50. The molecule has 0 bridgehead atoms. The van der Waals surface area contributed by atoms with Crippen LogP contribution in [-0.4, -0.2) is 0 Å². The van der Waals surface area contributed by atoms with Crippen molar-refractivity contribution >= 4 is 34.0 Å². The number of nitrogens with one attached hydrogen (secondary N) is 1. The monoisotopic (exact) mass is 566 g/mol. The SMILES string of the molecule is C1=CC(c2ccc(N(c3ccccc3)c3cccc(-c4ccc(-c5cccc(Nc6ccccc6)c5)cc4)c3)cc2)=CCC1. The van der Waals surface area contributed by atoms with Crippen LogP contribution in [0.1, 0.15) is 18.4 Å². The number of anilines is 5. The van der Waals surface area contributed by atoms with Gasteiger partial charge in [0.1, 0.15) is 0 Å². The summed E-state index contributed by atoms with van der Waals surface area (Å²) in [4.78, 5) is 2.33. The van der Waals surface area contributed by atoms with Crippen molar-refractivity contribution in [1.29, 1.82) is 0 Å². The van der Waals surface area contributed by atoms with Gasteiger partial charge in [0.2, 0.25) is 0 Å². The van der Waals surface area contributed by atoms with Crippen molar-refractivity contribution in [2.24, 2.45) is 0 Å². The molecule has 0 saturated heterocycles. The summed E-state index contributed by atoms with van der Waals surface area (Å²) in [6.07, 6.45) is 9.06. The maximum Gasteiger partial charge on any atom is 0.0467 e. The Morgan fingerprint density at radius 3 is 1.66 bits per heavy atom. The Morgan fingerprint density at radius 2 is 0.977 bits per heavy atom. The van der Waals surface area contributed by atoms with Crippen LogP contribution in [-0.2, 0) is 0 Å². The first kappa shape index (κ1) is 27.2. The Morgan fingerprint density at radius 1 is 0.409 bits per heavy atom. The molecule has 0 amide bonds. The number of allylic oxidation sites excluding steroid dienone is 4. The number of hydrogen-bond acceptors (Lipinski definition) is 2. The summed E-state index contributed by atoms with van der Waals surface area (Å²) in [6, 6.07) is 56.1. The van der Waals surface area contributed by atoms with E-state index in [0.29, 0.717) is 0 Å². The Bertz CT molecular complexity index is 1900. The molecule has 0 heterocycles. The molecule has 0 saturated carbocycles. The first-order chi connectivity index (χ1) is 21.8. The molecule has 6 aromatic rings. The molecule has 1 N–H and O–H groups in total. The molecule has 0 radical (unpaired) electrons. The van der Waals surface area contributed by atoms with Crippen LogP contribution in [0.3, 0.4) is 0 Å². The third kappa shape index (κ3) is 6.11. The molecule has 2 nitrogen and oxygen atoms in total. The molecule has 0 unspecified atom stereocenters. The second-order valence-corrected chi connectivity index (χ2v) is 11.1. The van der Waals surface area contributed by atoms with Gasteiger partial charge < -0.3 is 10.2 Å². The van der Waals surface area contributed by atoms with Crippen molar-refractivity contribution in [3.8, 4) is 22.3 Å². The van der Waals surface area contributed by atoms with Crippen LogP contribution in [0.4, 0.5) is 28.4 Å². The van der Waals surface area contributed by atoms with E-state index in [0.717, 1.165) is 41.3 Å². The molecule has 212 valence electrons. The van der Waals surface area contributed by atoms with Crippen LogP contribution < -0.4 is 10.2 Å². The fraction of sp³-hybridized carbons (Fsp3) is 0.0476.